The molecule has 2 rings (SSSR count). The van der Waals surface area contributed by atoms with Crippen LogP contribution in [0.1, 0.15) is 24.5 Å². The summed E-state index contributed by atoms with van der Waals surface area (Å²) in [6.45, 7) is 5.34. The molecule has 0 aliphatic carbocycles. The molecule has 1 unspecified atom stereocenters. The van der Waals surface area contributed by atoms with Crippen molar-refractivity contribution in [2.24, 2.45) is 5.73 Å². The zero-order valence-corrected chi connectivity index (χ0v) is 9.45. The van der Waals surface area contributed by atoms with Crippen LogP contribution in [0.5, 0.6) is 0 Å². The maximum absolute atomic E-state index is 5.60. The summed E-state index contributed by atoms with van der Waals surface area (Å²) in [5.74, 6) is 0. The lowest BCUT2D eigenvalue weighted by molar-refractivity contribution is 0.184. The van der Waals surface area contributed by atoms with Gasteiger partial charge in [0.15, 0.2) is 0 Å². The molecule has 0 bridgehead atoms. The van der Waals surface area contributed by atoms with Crippen molar-refractivity contribution >= 4 is 0 Å². The highest BCUT2D eigenvalue weighted by Gasteiger charge is 2.19. The van der Waals surface area contributed by atoms with E-state index in [1.807, 2.05) is 0 Å². The van der Waals surface area contributed by atoms with Crippen molar-refractivity contribution < 1.29 is 0 Å². The standard InChI is InChI=1S/C13H20N2/c1-11(6-8-14)15-9-7-12-4-2-3-5-13(12)10-15/h2-5,11H,6-10,14H2,1H3. The van der Waals surface area contributed by atoms with Gasteiger partial charge < -0.3 is 5.73 Å². The predicted molar refractivity (Wildman–Crippen MR) is 63.7 cm³/mol. The van der Waals surface area contributed by atoms with Crippen molar-refractivity contribution in [2.75, 3.05) is 13.1 Å². The summed E-state index contributed by atoms with van der Waals surface area (Å²) in [6, 6.07) is 9.38. The molecule has 2 N–H and O–H groups in total. The minimum absolute atomic E-state index is 0.614. The maximum atomic E-state index is 5.60. The fourth-order valence-corrected chi connectivity index (χ4v) is 2.32. The molecule has 1 atom stereocenters. The molecule has 2 nitrogen and oxygen atoms in total. The van der Waals surface area contributed by atoms with Gasteiger partial charge in [0.05, 0.1) is 0 Å². The Hall–Kier alpha value is -0.860. The first-order valence-corrected chi connectivity index (χ1v) is 5.82. The first kappa shape index (κ1) is 10.7. The molecule has 1 aliphatic rings. The summed E-state index contributed by atoms with van der Waals surface area (Å²) < 4.78 is 0. The Morgan fingerprint density at radius 3 is 2.80 bits per heavy atom. The Balaban J connectivity index is 2.05. The van der Waals surface area contributed by atoms with Gasteiger partial charge in [-0.05, 0) is 37.4 Å². The highest BCUT2D eigenvalue weighted by Crippen LogP contribution is 2.20. The summed E-state index contributed by atoms with van der Waals surface area (Å²) in [5, 5.41) is 0. The highest BCUT2D eigenvalue weighted by molar-refractivity contribution is 5.29. The summed E-state index contributed by atoms with van der Waals surface area (Å²) in [6.07, 6.45) is 2.28. The predicted octanol–water partition coefficient (Wildman–Crippen LogP) is 1.78. The molecule has 1 heterocycles. The van der Waals surface area contributed by atoms with Crippen molar-refractivity contribution in [1.82, 2.24) is 4.90 Å². The average Bonchev–Trinajstić information content (AvgIpc) is 2.29. The SMILES string of the molecule is CC(CCN)N1CCc2ccccc2C1. The second kappa shape index (κ2) is 4.77. The van der Waals surface area contributed by atoms with Gasteiger partial charge in [-0.1, -0.05) is 24.3 Å². The van der Waals surface area contributed by atoms with E-state index in [4.69, 9.17) is 5.73 Å². The third-order valence-corrected chi connectivity index (χ3v) is 3.37. The maximum Gasteiger partial charge on any atom is 0.0239 e. The fraction of sp³-hybridized carbons (Fsp3) is 0.538. The summed E-state index contributed by atoms with van der Waals surface area (Å²) in [5.41, 5.74) is 8.62. The summed E-state index contributed by atoms with van der Waals surface area (Å²) in [4.78, 5) is 2.54. The minimum atomic E-state index is 0.614. The molecule has 0 saturated heterocycles. The molecule has 0 spiro atoms. The number of fused-ring (bicyclic) bond motifs is 1. The molecular weight excluding hydrogens is 184 g/mol. The van der Waals surface area contributed by atoms with Crippen LogP contribution in [0.2, 0.25) is 0 Å². The van der Waals surface area contributed by atoms with E-state index in [-0.39, 0.29) is 0 Å². The van der Waals surface area contributed by atoms with E-state index in [1.165, 1.54) is 24.1 Å². The zero-order chi connectivity index (χ0) is 10.7. The molecule has 1 aromatic rings. The van der Waals surface area contributed by atoms with Gasteiger partial charge in [-0.15, -0.1) is 0 Å². The highest BCUT2D eigenvalue weighted by atomic mass is 15.2. The van der Waals surface area contributed by atoms with Gasteiger partial charge in [0.1, 0.15) is 0 Å². The molecule has 0 amide bonds. The lowest BCUT2D eigenvalue weighted by Crippen LogP contribution is -2.38. The molecular formula is C13H20N2. The number of nitrogens with two attached hydrogens (primary N) is 1. The second-order valence-corrected chi connectivity index (χ2v) is 4.42. The fourth-order valence-electron chi connectivity index (χ4n) is 2.32. The van der Waals surface area contributed by atoms with Crippen LogP contribution in [0.3, 0.4) is 0 Å². The van der Waals surface area contributed by atoms with Crippen molar-refractivity contribution in [3.8, 4) is 0 Å². The second-order valence-electron chi connectivity index (χ2n) is 4.42. The van der Waals surface area contributed by atoms with E-state index >= 15 is 0 Å². The summed E-state index contributed by atoms with van der Waals surface area (Å²) in [7, 11) is 0. The van der Waals surface area contributed by atoms with Crippen LogP contribution in [0, 0.1) is 0 Å². The third kappa shape index (κ3) is 2.39. The van der Waals surface area contributed by atoms with Gasteiger partial charge in [0.2, 0.25) is 0 Å². The Bertz CT molecular complexity index is 322. The van der Waals surface area contributed by atoms with Crippen molar-refractivity contribution in [3.05, 3.63) is 35.4 Å². The lowest BCUT2D eigenvalue weighted by atomic mass is 9.98. The number of hydrogen-bond acceptors (Lipinski definition) is 2. The van der Waals surface area contributed by atoms with Crippen LogP contribution in [0.15, 0.2) is 24.3 Å². The molecule has 0 radical (unpaired) electrons. The van der Waals surface area contributed by atoms with E-state index in [9.17, 15) is 0 Å². The Labute approximate surface area is 92.1 Å². The van der Waals surface area contributed by atoms with E-state index in [0.717, 1.165) is 19.5 Å². The van der Waals surface area contributed by atoms with Crippen LogP contribution in [-0.2, 0) is 13.0 Å². The molecule has 1 aliphatic heterocycles. The van der Waals surface area contributed by atoms with Gasteiger partial charge in [-0.25, -0.2) is 0 Å². The molecule has 2 heteroatoms. The van der Waals surface area contributed by atoms with Gasteiger partial charge in [-0.2, -0.15) is 0 Å². The smallest absolute Gasteiger partial charge is 0.0239 e. The van der Waals surface area contributed by atoms with Gasteiger partial charge in [0, 0.05) is 19.1 Å². The van der Waals surface area contributed by atoms with Crippen LogP contribution < -0.4 is 5.73 Å². The molecule has 15 heavy (non-hydrogen) atoms. The number of benzene rings is 1. The molecule has 82 valence electrons. The van der Waals surface area contributed by atoms with Gasteiger partial charge in [0.25, 0.3) is 0 Å². The molecule has 0 aromatic heterocycles. The van der Waals surface area contributed by atoms with E-state index in [1.54, 1.807) is 0 Å². The van der Waals surface area contributed by atoms with Crippen LogP contribution >= 0.6 is 0 Å². The first-order chi connectivity index (χ1) is 7.31. The molecule has 0 fully saturated rings. The summed E-state index contributed by atoms with van der Waals surface area (Å²) >= 11 is 0. The molecule has 1 aromatic carbocycles. The normalized spacial score (nSPS) is 18.5. The van der Waals surface area contributed by atoms with Gasteiger partial charge >= 0.3 is 0 Å². The minimum Gasteiger partial charge on any atom is -0.330 e. The monoisotopic (exact) mass is 204 g/mol. The topological polar surface area (TPSA) is 29.3 Å². The quantitative estimate of drug-likeness (QED) is 0.813. The van der Waals surface area contributed by atoms with Crippen LogP contribution in [0.25, 0.3) is 0 Å². The average molecular weight is 204 g/mol. The number of hydrogen-bond donors (Lipinski definition) is 1. The van der Waals surface area contributed by atoms with Crippen LogP contribution in [0.4, 0.5) is 0 Å². The first-order valence-electron chi connectivity index (χ1n) is 5.82. The Morgan fingerprint density at radius 2 is 2.07 bits per heavy atom. The van der Waals surface area contributed by atoms with E-state index in [2.05, 4.69) is 36.1 Å². The third-order valence-electron chi connectivity index (χ3n) is 3.37. The zero-order valence-electron chi connectivity index (χ0n) is 9.45. The van der Waals surface area contributed by atoms with Gasteiger partial charge in [-0.3, -0.25) is 4.90 Å². The Kier molecular flexibility index (Phi) is 3.39. The number of nitrogens with zero attached hydrogens (tertiary/aromatic N) is 1. The van der Waals surface area contributed by atoms with Crippen molar-refractivity contribution in [1.29, 1.82) is 0 Å². The van der Waals surface area contributed by atoms with Crippen molar-refractivity contribution in [2.45, 2.75) is 32.4 Å². The largest absolute Gasteiger partial charge is 0.330 e. The lowest BCUT2D eigenvalue weighted by Gasteiger charge is -2.33. The number of rotatable bonds is 3. The van der Waals surface area contributed by atoms with E-state index in [0.29, 0.717) is 6.04 Å². The van der Waals surface area contributed by atoms with E-state index < -0.39 is 0 Å². The molecule has 0 saturated carbocycles. The Morgan fingerprint density at radius 1 is 1.33 bits per heavy atom. The van der Waals surface area contributed by atoms with Crippen molar-refractivity contribution in [3.63, 3.8) is 0 Å². The van der Waals surface area contributed by atoms with Crippen LogP contribution in [-0.4, -0.2) is 24.0 Å².